The van der Waals surface area contributed by atoms with Gasteiger partial charge in [-0.15, -0.1) is 0 Å². The molecule has 0 aliphatic rings. The first-order chi connectivity index (χ1) is 10.2. The number of carbonyl (C=O) groups is 1. The highest BCUT2D eigenvalue weighted by atomic mass is 16.5. The van der Waals surface area contributed by atoms with Gasteiger partial charge in [-0.1, -0.05) is 48.5 Å². The van der Waals surface area contributed by atoms with E-state index in [4.69, 9.17) is 4.74 Å². The Bertz CT molecular complexity index is 784. The van der Waals surface area contributed by atoms with Gasteiger partial charge in [-0.3, -0.25) is 0 Å². The van der Waals surface area contributed by atoms with Gasteiger partial charge < -0.3 is 9.84 Å². The minimum absolute atomic E-state index is 0.0652. The van der Waals surface area contributed by atoms with Gasteiger partial charge in [-0.2, -0.15) is 0 Å². The van der Waals surface area contributed by atoms with Crippen molar-refractivity contribution < 1.29 is 14.6 Å². The van der Waals surface area contributed by atoms with Gasteiger partial charge in [0.25, 0.3) is 0 Å². The molecule has 3 aromatic rings. The van der Waals surface area contributed by atoms with E-state index in [1.807, 2.05) is 48.5 Å². The first-order valence-electron chi connectivity index (χ1n) is 6.54. The molecule has 0 bridgehead atoms. The molecule has 0 aliphatic carbocycles. The smallest absolute Gasteiger partial charge is 0.361 e. The summed E-state index contributed by atoms with van der Waals surface area (Å²) in [5.74, 6) is -0.811. The predicted molar refractivity (Wildman–Crippen MR) is 79.0 cm³/mol. The van der Waals surface area contributed by atoms with Crippen molar-refractivity contribution in [3.8, 4) is 5.75 Å². The van der Waals surface area contributed by atoms with Gasteiger partial charge in [-0.05, 0) is 17.7 Å². The van der Waals surface area contributed by atoms with Crippen molar-refractivity contribution in [3.05, 3.63) is 71.9 Å². The normalized spacial score (nSPS) is 10.5. The maximum Gasteiger partial charge on any atom is 0.361 e. The molecule has 3 rings (SSSR count). The molecule has 0 amide bonds. The topological polar surface area (TPSA) is 59.4 Å². The summed E-state index contributed by atoms with van der Waals surface area (Å²) in [5, 5.41) is 10.7. The van der Waals surface area contributed by atoms with E-state index in [-0.39, 0.29) is 18.1 Å². The molecule has 21 heavy (non-hydrogen) atoms. The summed E-state index contributed by atoms with van der Waals surface area (Å²) in [6.45, 7) is 0.146. The summed E-state index contributed by atoms with van der Waals surface area (Å²) in [5.41, 5.74) is 1.46. The molecule has 0 saturated heterocycles. The first-order valence-corrected chi connectivity index (χ1v) is 6.54. The summed E-state index contributed by atoms with van der Waals surface area (Å²) in [6.07, 6.45) is 0. The Hall–Kier alpha value is -2.88. The van der Waals surface area contributed by atoms with Crippen molar-refractivity contribution in [2.75, 3.05) is 0 Å². The number of hydrogen-bond acceptors (Lipinski definition) is 4. The third-order valence-corrected chi connectivity index (χ3v) is 3.11. The van der Waals surface area contributed by atoms with Crippen LogP contribution < -0.4 is 0 Å². The van der Waals surface area contributed by atoms with Crippen LogP contribution >= 0.6 is 0 Å². The fourth-order valence-electron chi connectivity index (χ4n) is 2.05. The highest BCUT2D eigenvalue weighted by Crippen LogP contribution is 2.22. The Kier molecular flexibility index (Phi) is 3.51. The molecule has 0 aliphatic heterocycles. The van der Waals surface area contributed by atoms with E-state index in [1.165, 1.54) is 6.07 Å². The van der Waals surface area contributed by atoms with Crippen molar-refractivity contribution in [1.82, 2.24) is 4.98 Å². The molecule has 0 unspecified atom stereocenters. The average Bonchev–Trinajstić information content (AvgIpc) is 2.53. The number of pyridine rings is 1. The van der Waals surface area contributed by atoms with Crippen molar-refractivity contribution in [3.63, 3.8) is 0 Å². The fraction of sp³-hybridized carbons (Fsp3) is 0.0588. The van der Waals surface area contributed by atoms with E-state index in [0.717, 1.165) is 10.9 Å². The van der Waals surface area contributed by atoms with Crippen LogP contribution in [0.1, 0.15) is 16.1 Å². The van der Waals surface area contributed by atoms with E-state index in [0.29, 0.717) is 5.52 Å². The van der Waals surface area contributed by atoms with Crippen LogP contribution in [0.25, 0.3) is 10.9 Å². The van der Waals surface area contributed by atoms with E-state index >= 15 is 0 Å². The lowest BCUT2D eigenvalue weighted by molar-refractivity contribution is 0.0462. The number of nitrogens with zero attached hydrogens (tertiary/aromatic N) is 1. The number of para-hydroxylation sites is 1. The number of aromatic hydroxyl groups is 1. The summed E-state index contributed by atoms with van der Waals surface area (Å²) >= 11 is 0. The van der Waals surface area contributed by atoms with E-state index in [2.05, 4.69) is 4.98 Å². The highest BCUT2D eigenvalue weighted by molar-refractivity contribution is 5.94. The van der Waals surface area contributed by atoms with Crippen LogP contribution in [0.2, 0.25) is 0 Å². The Labute approximate surface area is 121 Å². The van der Waals surface area contributed by atoms with Gasteiger partial charge in [0.05, 0.1) is 5.52 Å². The molecule has 1 heterocycles. The number of benzene rings is 2. The lowest BCUT2D eigenvalue weighted by Gasteiger charge is -2.07. The summed E-state index contributed by atoms with van der Waals surface area (Å²) in [6, 6.07) is 18.1. The highest BCUT2D eigenvalue weighted by Gasteiger charge is 2.16. The molecule has 4 nitrogen and oxygen atoms in total. The molecule has 0 atom stereocenters. The number of ether oxygens (including phenoxy) is 1. The molecular formula is C17H13NO3. The molecule has 104 valence electrons. The van der Waals surface area contributed by atoms with E-state index in [9.17, 15) is 9.90 Å². The van der Waals surface area contributed by atoms with Crippen molar-refractivity contribution >= 4 is 16.9 Å². The van der Waals surface area contributed by atoms with Crippen LogP contribution in [0.3, 0.4) is 0 Å². The van der Waals surface area contributed by atoms with Crippen LogP contribution in [0, 0.1) is 0 Å². The molecule has 1 N–H and O–H groups in total. The summed E-state index contributed by atoms with van der Waals surface area (Å²) in [4.78, 5) is 16.2. The number of carbonyl (C=O) groups excluding carboxylic acids is 1. The average molecular weight is 279 g/mol. The van der Waals surface area contributed by atoms with Crippen molar-refractivity contribution in [1.29, 1.82) is 0 Å². The standard InChI is InChI=1S/C17H13NO3/c19-15-10-13-8-4-5-9-14(13)18-16(15)17(20)21-11-12-6-2-1-3-7-12/h1-10,19H,11H2. The lowest BCUT2D eigenvalue weighted by Crippen LogP contribution is -2.08. The van der Waals surface area contributed by atoms with Gasteiger partial charge >= 0.3 is 5.97 Å². The minimum atomic E-state index is -0.637. The van der Waals surface area contributed by atoms with Crippen LogP contribution in [-0.4, -0.2) is 16.1 Å². The fourth-order valence-corrected chi connectivity index (χ4v) is 2.05. The second-order valence-corrected chi connectivity index (χ2v) is 4.61. The van der Waals surface area contributed by atoms with Crippen LogP contribution in [0.15, 0.2) is 60.7 Å². The molecule has 1 aromatic heterocycles. The molecule has 0 saturated carbocycles. The van der Waals surface area contributed by atoms with Crippen molar-refractivity contribution in [2.45, 2.75) is 6.61 Å². The summed E-state index contributed by atoms with van der Waals surface area (Å²) < 4.78 is 5.18. The Balaban J connectivity index is 1.82. The van der Waals surface area contributed by atoms with Crippen molar-refractivity contribution in [2.24, 2.45) is 0 Å². The SMILES string of the molecule is O=C(OCc1ccccc1)c1nc2ccccc2cc1O. The summed E-state index contributed by atoms with van der Waals surface area (Å²) in [7, 11) is 0. The zero-order valence-corrected chi connectivity index (χ0v) is 11.2. The number of aromatic nitrogens is 1. The van der Waals surface area contributed by atoms with E-state index < -0.39 is 5.97 Å². The van der Waals surface area contributed by atoms with Crippen LogP contribution in [0.5, 0.6) is 5.75 Å². The second-order valence-electron chi connectivity index (χ2n) is 4.61. The van der Waals surface area contributed by atoms with Gasteiger partial charge in [0.15, 0.2) is 5.69 Å². The number of rotatable bonds is 3. The Morgan fingerprint density at radius 2 is 1.76 bits per heavy atom. The molecule has 0 radical (unpaired) electrons. The van der Waals surface area contributed by atoms with E-state index in [1.54, 1.807) is 6.07 Å². The second kappa shape index (κ2) is 5.63. The minimum Gasteiger partial charge on any atom is -0.505 e. The Morgan fingerprint density at radius 1 is 1.05 bits per heavy atom. The lowest BCUT2D eigenvalue weighted by atomic mass is 10.2. The van der Waals surface area contributed by atoms with Crippen LogP contribution in [0.4, 0.5) is 0 Å². The number of fused-ring (bicyclic) bond motifs is 1. The number of hydrogen-bond donors (Lipinski definition) is 1. The quantitative estimate of drug-likeness (QED) is 0.747. The molecule has 0 fully saturated rings. The van der Waals surface area contributed by atoms with Gasteiger partial charge in [0, 0.05) is 5.39 Å². The predicted octanol–water partition coefficient (Wildman–Crippen LogP) is 3.30. The zero-order valence-electron chi connectivity index (χ0n) is 11.2. The molecule has 0 spiro atoms. The monoisotopic (exact) mass is 279 g/mol. The van der Waals surface area contributed by atoms with Crippen LogP contribution in [-0.2, 0) is 11.3 Å². The molecule has 4 heteroatoms. The van der Waals surface area contributed by atoms with Gasteiger partial charge in [0.2, 0.25) is 0 Å². The third-order valence-electron chi connectivity index (χ3n) is 3.11. The largest absolute Gasteiger partial charge is 0.505 e. The molecular weight excluding hydrogens is 266 g/mol. The third kappa shape index (κ3) is 2.84. The molecule has 2 aromatic carbocycles. The number of esters is 1. The zero-order chi connectivity index (χ0) is 14.7. The van der Waals surface area contributed by atoms with Gasteiger partial charge in [0.1, 0.15) is 12.4 Å². The van der Waals surface area contributed by atoms with Gasteiger partial charge in [-0.25, -0.2) is 9.78 Å². The first kappa shape index (κ1) is 13.1. The Morgan fingerprint density at radius 3 is 2.57 bits per heavy atom. The maximum atomic E-state index is 12.0. The maximum absolute atomic E-state index is 12.0.